The first-order valence-electron chi connectivity index (χ1n) is 15.8. The lowest BCUT2D eigenvalue weighted by Crippen LogP contribution is -2.62. The Labute approximate surface area is 266 Å². The summed E-state index contributed by atoms with van der Waals surface area (Å²) in [7, 11) is 0. The van der Waals surface area contributed by atoms with Gasteiger partial charge in [-0.05, 0) is 69.7 Å². The number of pyridine rings is 1. The van der Waals surface area contributed by atoms with E-state index in [-0.39, 0.29) is 47.5 Å². The highest BCUT2D eigenvalue weighted by Crippen LogP contribution is 2.48. The van der Waals surface area contributed by atoms with E-state index >= 15 is 4.39 Å². The van der Waals surface area contributed by atoms with Gasteiger partial charge in [-0.1, -0.05) is 0 Å². The molecular formula is C32H33F6N7O2. The maximum Gasteiger partial charge on any atom is 0.417 e. The fourth-order valence-electron chi connectivity index (χ4n) is 8.56. The lowest BCUT2D eigenvalue weighted by molar-refractivity contribution is -0.137. The highest BCUT2D eigenvalue weighted by atomic mass is 19.4. The summed E-state index contributed by atoms with van der Waals surface area (Å²) in [4.78, 5) is 17.7. The second-order valence-corrected chi connectivity index (χ2v) is 13.5. The second kappa shape index (κ2) is 10.6. The zero-order valence-corrected chi connectivity index (χ0v) is 25.7. The predicted octanol–water partition coefficient (Wildman–Crippen LogP) is 5.44. The summed E-state index contributed by atoms with van der Waals surface area (Å²) in [5.74, 6) is -2.25. The number of nitrogen functional groups attached to an aromatic ring is 1. The Balaban J connectivity index is 1.33. The minimum Gasteiger partial charge on any atom is -0.472 e. The van der Waals surface area contributed by atoms with Crippen LogP contribution in [0.4, 0.5) is 37.8 Å². The largest absolute Gasteiger partial charge is 0.472 e. The molecule has 0 unspecified atom stereocenters. The number of benzene rings is 1. The molecule has 9 nitrogen and oxygen atoms in total. The zero-order chi connectivity index (χ0) is 33.0. The first-order valence-corrected chi connectivity index (χ1v) is 15.8. The SMILES string of the molecule is Cc1c(F)c(N)cc(-c2nc3c4c(nc(OC[C@@]56CCCN5C/C(=C\F)C6)nc4c2F)N2C[C@H]4CC[C@H](N4)[C@H]2[C@H](C)O3)c1C(F)(F)F. The number of anilines is 2. The lowest BCUT2D eigenvalue weighted by atomic mass is 9.94. The number of halogens is 6. The smallest absolute Gasteiger partial charge is 0.417 e. The van der Waals surface area contributed by atoms with Gasteiger partial charge in [-0.2, -0.15) is 23.1 Å². The van der Waals surface area contributed by atoms with Gasteiger partial charge in [0, 0.05) is 30.7 Å². The number of aromatic nitrogens is 3. The molecule has 0 saturated carbocycles. The average molecular weight is 662 g/mol. The first-order chi connectivity index (χ1) is 22.4. The van der Waals surface area contributed by atoms with Gasteiger partial charge in [0.2, 0.25) is 5.88 Å². The van der Waals surface area contributed by atoms with Crippen molar-refractivity contribution in [1.82, 2.24) is 25.2 Å². The summed E-state index contributed by atoms with van der Waals surface area (Å²) in [5, 5.41) is 3.71. The molecule has 0 amide bonds. The molecule has 0 aliphatic carbocycles. The molecule has 15 heteroatoms. The molecule has 5 aliphatic rings. The number of alkyl halides is 3. The zero-order valence-electron chi connectivity index (χ0n) is 25.7. The standard InChI is InChI=1S/C32H33F6N7O2/c1-14-22(32(36,37)38)18(8-19(39)23(14)34)25-24(35)26-21-28(45-12-17-4-5-20(40-17)27(45)15(2)47-29(21)41-25)43-30(42-26)46-13-31-6-3-7-44(31)11-16(9-31)10-33/h8,10,15,17,20,27,40H,3-7,9,11-13,39H2,1-2H3/b16-10-/t15-,17+,20-,27+,31-/m0/s1. The number of hydrogen-bond donors (Lipinski definition) is 2. The summed E-state index contributed by atoms with van der Waals surface area (Å²) >= 11 is 0. The molecule has 8 rings (SSSR count). The van der Waals surface area contributed by atoms with E-state index in [1.54, 1.807) is 0 Å². The van der Waals surface area contributed by atoms with Crippen molar-refractivity contribution < 1.29 is 35.8 Å². The molecular weight excluding hydrogens is 628 g/mol. The number of nitrogens with one attached hydrogen (secondary N) is 1. The fourth-order valence-corrected chi connectivity index (χ4v) is 8.56. The van der Waals surface area contributed by atoms with Crippen LogP contribution >= 0.6 is 0 Å². The van der Waals surface area contributed by atoms with Crippen molar-refractivity contribution >= 4 is 22.4 Å². The molecule has 2 aromatic heterocycles. The lowest BCUT2D eigenvalue weighted by Gasteiger charge is -2.42. The first kappa shape index (κ1) is 30.5. The molecule has 3 aromatic rings. The van der Waals surface area contributed by atoms with Gasteiger partial charge in [0.05, 0.1) is 29.2 Å². The van der Waals surface area contributed by atoms with E-state index in [2.05, 4.69) is 20.2 Å². The highest BCUT2D eigenvalue weighted by molar-refractivity contribution is 5.97. The molecule has 1 aromatic carbocycles. The molecule has 4 fully saturated rings. The van der Waals surface area contributed by atoms with Crippen LogP contribution in [0.1, 0.15) is 50.2 Å². The minimum absolute atomic E-state index is 0.0171. The fraction of sp³-hybridized carbons (Fsp3) is 0.531. The van der Waals surface area contributed by atoms with Gasteiger partial charge in [0.15, 0.2) is 5.82 Å². The van der Waals surface area contributed by atoms with Crippen LogP contribution in [0.5, 0.6) is 11.9 Å². The Hall–Kier alpha value is -3.85. The quantitative estimate of drug-likeness (QED) is 0.280. The van der Waals surface area contributed by atoms with Crippen LogP contribution in [0.2, 0.25) is 0 Å². The van der Waals surface area contributed by atoms with E-state index in [1.165, 1.54) is 0 Å². The van der Waals surface area contributed by atoms with Gasteiger partial charge >= 0.3 is 12.2 Å². The topological polar surface area (TPSA) is 102 Å². The summed E-state index contributed by atoms with van der Waals surface area (Å²) in [6, 6.07) is 0.476. The number of nitrogens with two attached hydrogens (primary N) is 1. The molecule has 4 saturated heterocycles. The number of ether oxygens (including phenoxy) is 2. The van der Waals surface area contributed by atoms with E-state index in [4.69, 9.17) is 20.2 Å². The van der Waals surface area contributed by atoms with Gasteiger partial charge in [0.25, 0.3) is 0 Å². The van der Waals surface area contributed by atoms with Crippen LogP contribution in [-0.4, -0.2) is 75.9 Å². The summed E-state index contributed by atoms with van der Waals surface area (Å²) in [6.07, 6.45) is -1.03. The van der Waals surface area contributed by atoms with Crippen LogP contribution in [0.3, 0.4) is 0 Å². The summed E-state index contributed by atoms with van der Waals surface area (Å²) in [5.41, 5.74) is 1.39. The van der Waals surface area contributed by atoms with Gasteiger partial charge < -0.3 is 25.4 Å². The molecule has 0 radical (unpaired) electrons. The summed E-state index contributed by atoms with van der Waals surface area (Å²) in [6.45, 7) is 4.67. The van der Waals surface area contributed by atoms with Gasteiger partial charge in [-0.15, -0.1) is 0 Å². The Bertz CT molecular complexity index is 1840. The second-order valence-electron chi connectivity index (χ2n) is 13.5. The van der Waals surface area contributed by atoms with Crippen molar-refractivity contribution in [2.75, 3.05) is 36.9 Å². The van der Waals surface area contributed by atoms with Crippen LogP contribution in [0.15, 0.2) is 18.0 Å². The average Bonchev–Trinajstić information content (AvgIpc) is 3.68. The van der Waals surface area contributed by atoms with E-state index < -0.39 is 57.5 Å². The van der Waals surface area contributed by atoms with Crippen LogP contribution < -0.4 is 25.4 Å². The van der Waals surface area contributed by atoms with Gasteiger partial charge in [-0.25, -0.2) is 18.2 Å². The molecule has 5 atom stereocenters. The normalized spacial score (nSPS) is 29.3. The predicted molar refractivity (Wildman–Crippen MR) is 161 cm³/mol. The van der Waals surface area contributed by atoms with E-state index in [0.717, 1.165) is 45.2 Å². The van der Waals surface area contributed by atoms with Gasteiger partial charge in [-0.3, -0.25) is 4.90 Å². The molecule has 7 heterocycles. The van der Waals surface area contributed by atoms with Gasteiger partial charge in [0.1, 0.15) is 40.9 Å². The molecule has 3 N–H and O–H groups in total. The minimum atomic E-state index is -5.06. The molecule has 47 heavy (non-hydrogen) atoms. The molecule has 250 valence electrons. The van der Waals surface area contributed by atoms with Crippen molar-refractivity contribution in [2.45, 2.75) is 81.9 Å². The van der Waals surface area contributed by atoms with Crippen LogP contribution in [-0.2, 0) is 6.18 Å². The maximum absolute atomic E-state index is 16.8. The van der Waals surface area contributed by atoms with Crippen molar-refractivity contribution in [2.24, 2.45) is 0 Å². The van der Waals surface area contributed by atoms with E-state index in [1.807, 2.05) is 11.8 Å². The molecule has 5 aliphatic heterocycles. The summed E-state index contributed by atoms with van der Waals surface area (Å²) < 4.78 is 101. The Morgan fingerprint density at radius 1 is 1.19 bits per heavy atom. The number of fused-ring (bicyclic) bond motifs is 6. The third kappa shape index (κ3) is 4.63. The van der Waals surface area contributed by atoms with Crippen LogP contribution in [0, 0.1) is 18.6 Å². The van der Waals surface area contributed by atoms with Crippen molar-refractivity contribution in [1.29, 1.82) is 0 Å². The Kier molecular flexibility index (Phi) is 6.86. The Morgan fingerprint density at radius 2 is 2.00 bits per heavy atom. The molecule has 2 bridgehead atoms. The molecule has 0 spiro atoms. The monoisotopic (exact) mass is 661 g/mol. The van der Waals surface area contributed by atoms with E-state index in [0.29, 0.717) is 37.2 Å². The third-order valence-corrected chi connectivity index (χ3v) is 10.6. The van der Waals surface area contributed by atoms with Crippen LogP contribution in [0.25, 0.3) is 22.2 Å². The number of hydrogen-bond acceptors (Lipinski definition) is 9. The van der Waals surface area contributed by atoms with Crippen molar-refractivity contribution in [3.05, 3.63) is 40.7 Å². The van der Waals surface area contributed by atoms with Crippen molar-refractivity contribution in [3.8, 4) is 23.1 Å². The maximum atomic E-state index is 16.8. The highest BCUT2D eigenvalue weighted by Gasteiger charge is 2.49. The number of piperazine rings is 1. The third-order valence-electron chi connectivity index (χ3n) is 10.6. The number of rotatable bonds is 4. The van der Waals surface area contributed by atoms with E-state index in [9.17, 15) is 22.0 Å². The number of nitrogens with zero attached hydrogens (tertiary/aromatic N) is 5. The Morgan fingerprint density at radius 3 is 2.77 bits per heavy atom. The van der Waals surface area contributed by atoms with Crippen molar-refractivity contribution in [3.63, 3.8) is 0 Å².